The van der Waals surface area contributed by atoms with Gasteiger partial charge in [-0.15, -0.1) is 0 Å². The summed E-state index contributed by atoms with van der Waals surface area (Å²) in [6, 6.07) is 0. The molecule has 0 aliphatic carbocycles. The van der Waals surface area contributed by atoms with Gasteiger partial charge in [-0.1, -0.05) is 13.3 Å². The topological polar surface area (TPSA) is 72.0 Å². The molecule has 5 nitrogen and oxygen atoms in total. The van der Waals surface area contributed by atoms with E-state index in [1.54, 1.807) is 13.1 Å². The maximum Gasteiger partial charge on any atom is 0.225 e. The van der Waals surface area contributed by atoms with Gasteiger partial charge in [0.15, 0.2) is 5.82 Å². The molecule has 0 aliphatic heterocycles. The molecular formula is C13H19N3O2. The van der Waals surface area contributed by atoms with Crippen LogP contribution in [-0.4, -0.2) is 21.7 Å². The van der Waals surface area contributed by atoms with Gasteiger partial charge in [-0.05, 0) is 19.8 Å². The molecule has 0 spiro atoms. The van der Waals surface area contributed by atoms with Gasteiger partial charge in [-0.3, -0.25) is 9.78 Å². The van der Waals surface area contributed by atoms with Gasteiger partial charge in [-0.2, -0.15) is 0 Å². The van der Waals surface area contributed by atoms with Crippen LogP contribution in [0.3, 0.4) is 0 Å². The van der Waals surface area contributed by atoms with Crippen LogP contribution in [0.25, 0.3) is 0 Å². The first-order chi connectivity index (χ1) is 8.61. The van der Waals surface area contributed by atoms with E-state index in [0.29, 0.717) is 25.1 Å². The van der Waals surface area contributed by atoms with Crippen molar-refractivity contribution < 1.29 is 9.59 Å². The molecule has 0 saturated heterocycles. The fourth-order valence-corrected chi connectivity index (χ4v) is 1.40. The van der Waals surface area contributed by atoms with Crippen molar-refractivity contribution in [3.63, 3.8) is 0 Å². The van der Waals surface area contributed by atoms with E-state index in [-0.39, 0.29) is 11.7 Å². The second-order valence-corrected chi connectivity index (χ2v) is 4.25. The molecule has 18 heavy (non-hydrogen) atoms. The normalized spacial score (nSPS) is 10.1. The number of rotatable bonds is 7. The number of aromatic nitrogens is 2. The Hall–Kier alpha value is -1.78. The van der Waals surface area contributed by atoms with Crippen molar-refractivity contribution >= 4 is 17.5 Å². The molecule has 0 unspecified atom stereocenters. The van der Waals surface area contributed by atoms with Crippen molar-refractivity contribution in [2.45, 2.75) is 46.0 Å². The highest BCUT2D eigenvalue weighted by Gasteiger charge is 2.04. The summed E-state index contributed by atoms with van der Waals surface area (Å²) in [5.74, 6) is 0.555. The van der Waals surface area contributed by atoms with Crippen molar-refractivity contribution in [3.8, 4) is 0 Å². The lowest BCUT2D eigenvalue weighted by molar-refractivity contribution is -0.117. The smallest absolute Gasteiger partial charge is 0.225 e. The second kappa shape index (κ2) is 7.53. The molecule has 0 atom stereocenters. The van der Waals surface area contributed by atoms with Crippen LogP contribution in [0.1, 0.15) is 45.2 Å². The quantitative estimate of drug-likeness (QED) is 0.803. The zero-order valence-corrected chi connectivity index (χ0v) is 10.9. The Labute approximate surface area is 107 Å². The summed E-state index contributed by atoms with van der Waals surface area (Å²) in [5, 5.41) is 2.69. The number of unbranched alkanes of at least 4 members (excludes halogenated alkanes) is 1. The first-order valence-electron chi connectivity index (χ1n) is 6.22. The van der Waals surface area contributed by atoms with Crippen molar-refractivity contribution in [2.75, 3.05) is 5.32 Å². The van der Waals surface area contributed by atoms with Gasteiger partial charge in [0.25, 0.3) is 0 Å². The molecule has 0 radical (unpaired) electrons. The summed E-state index contributed by atoms with van der Waals surface area (Å²) in [7, 11) is 0. The average molecular weight is 249 g/mol. The number of carbonyl (C=O) groups is 2. The van der Waals surface area contributed by atoms with Crippen LogP contribution in [0.2, 0.25) is 0 Å². The number of ketones is 1. The van der Waals surface area contributed by atoms with E-state index in [1.807, 2.05) is 6.92 Å². The molecule has 1 aromatic heterocycles. The van der Waals surface area contributed by atoms with Crippen LogP contribution in [0, 0.1) is 0 Å². The third-order valence-electron chi connectivity index (χ3n) is 2.46. The van der Waals surface area contributed by atoms with Crippen LogP contribution in [-0.2, 0) is 16.0 Å². The Kier molecular flexibility index (Phi) is 5.97. The monoisotopic (exact) mass is 249 g/mol. The van der Waals surface area contributed by atoms with E-state index in [2.05, 4.69) is 15.3 Å². The summed E-state index contributed by atoms with van der Waals surface area (Å²) in [5.41, 5.74) is 0.761. The highest BCUT2D eigenvalue weighted by molar-refractivity contribution is 5.89. The Morgan fingerprint density at radius 1 is 1.22 bits per heavy atom. The minimum absolute atomic E-state index is 0.0392. The molecule has 5 heteroatoms. The van der Waals surface area contributed by atoms with Crippen molar-refractivity contribution in [1.82, 2.24) is 9.97 Å². The van der Waals surface area contributed by atoms with Gasteiger partial charge in [-0.25, -0.2) is 4.98 Å². The maximum absolute atomic E-state index is 11.4. The molecule has 0 fully saturated rings. The lowest BCUT2D eigenvalue weighted by atomic mass is 10.2. The largest absolute Gasteiger partial charge is 0.309 e. The van der Waals surface area contributed by atoms with Crippen molar-refractivity contribution in [3.05, 3.63) is 18.1 Å². The summed E-state index contributed by atoms with van der Waals surface area (Å²) >= 11 is 0. The highest BCUT2D eigenvalue weighted by atomic mass is 16.1. The van der Waals surface area contributed by atoms with E-state index in [4.69, 9.17) is 0 Å². The van der Waals surface area contributed by atoms with Gasteiger partial charge in [0.05, 0.1) is 18.1 Å². The van der Waals surface area contributed by atoms with Crippen LogP contribution < -0.4 is 5.32 Å². The van der Waals surface area contributed by atoms with Crippen LogP contribution >= 0.6 is 0 Å². The van der Waals surface area contributed by atoms with Crippen LogP contribution in [0.5, 0.6) is 0 Å². The zero-order valence-electron chi connectivity index (χ0n) is 10.9. The van der Waals surface area contributed by atoms with Gasteiger partial charge in [0.1, 0.15) is 5.78 Å². The number of Topliss-reactive ketones (excluding diaryl/α,β-unsaturated/α-hetero) is 1. The highest BCUT2D eigenvalue weighted by Crippen LogP contribution is 2.05. The molecule has 0 aliphatic rings. The number of hydrogen-bond acceptors (Lipinski definition) is 4. The molecule has 1 N–H and O–H groups in total. The Balaban J connectivity index is 2.44. The summed E-state index contributed by atoms with van der Waals surface area (Å²) < 4.78 is 0. The maximum atomic E-state index is 11.4. The molecule has 1 rings (SSSR count). The molecule has 98 valence electrons. The number of anilines is 1. The lowest BCUT2D eigenvalue weighted by Crippen LogP contribution is -2.12. The number of amides is 1. The van der Waals surface area contributed by atoms with E-state index in [9.17, 15) is 9.59 Å². The standard InChI is InChI=1S/C13H19N3O2/c1-3-4-5-13(18)16-12-9-14-11(8-15-12)7-6-10(2)17/h8-9H,3-7H2,1-2H3,(H,15,16,18). The third-order valence-corrected chi connectivity index (χ3v) is 2.46. The fourth-order valence-electron chi connectivity index (χ4n) is 1.40. The van der Waals surface area contributed by atoms with Gasteiger partial charge < -0.3 is 10.1 Å². The van der Waals surface area contributed by atoms with Gasteiger partial charge >= 0.3 is 0 Å². The summed E-state index contributed by atoms with van der Waals surface area (Å²) in [4.78, 5) is 30.5. The minimum atomic E-state index is -0.0392. The molecule has 0 aromatic carbocycles. The minimum Gasteiger partial charge on any atom is -0.309 e. The molecular weight excluding hydrogens is 230 g/mol. The lowest BCUT2D eigenvalue weighted by Gasteiger charge is -2.04. The predicted molar refractivity (Wildman–Crippen MR) is 69.2 cm³/mol. The Bertz CT molecular complexity index is 401. The Morgan fingerprint density at radius 2 is 2.00 bits per heavy atom. The van der Waals surface area contributed by atoms with Gasteiger partial charge in [0, 0.05) is 12.8 Å². The number of nitrogens with one attached hydrogen (secondary N) is 1. The molecule has 1 heterocycles. The number of carbonyl (C=O) groups excluding carboxylic acids is 2. The third kappa shape index (κ3) is 5.52. The number of hydrogen-bond donors (Lipinski definition) is 1. The van der Waals surface area contributed by atoms with Crippen LogP contribution in [0.15, 0.2) is 12.4 Å². The molecule has 0 saturated carbocycles. The molecule has 0 bridgehead atoms. The first kappa shape index (κ1) is 14.3. The molecule has 1 amide bonds. The fraction of sp³-hybridized carbons (Fsp3) is 0.538. The Morgan fingerprint density at radius 3 is 2.56 bits per heavy atom. The molecule has 1 aromatic rings. The van der Waals surface area contributed by atoms with E-state index in [1.165, 1.54) is 6.20 Å². The van der Waals surface area contributed by atoms with Crippen molar-refractivity contribution in [1.29, 1.82) is 0 Å². The number of nitrogens with zero attached hydrogens (tertiary/aromatic N) is 2. The summed E-state index contributed by atoms with van der Waals surface area (Å²) in [6.45, 7) is 3.59. The average Bonchev–Trinajstić information content (AvgIpc) is 2.35. The SMILES string of the molecule is CCCCC(=O)Nc1cnc(CCC(C)=O)cn1. The van der Waals surface area contributed by atoms with Crippen LogP contribution in [0.4, 0.5) is 5.82 Å². The second-order valence-electron chi connectivity index (χ2n) is 4.25. The zero-order chi connectivity index (χ0) is 13.4. The van der Waals surface area contributed by atoms with Crippen molar-refractivity contribution in [2.24, 2.45) is 0 Å². The first-order valence-corrected chi connectivity index (χ1v) is 6.22. The van der Waals surface area contributed by atoms with Gasteiger partial charge in [0.2, 0.25) is 5.91 Å². The van der Waals surface area contributed by atoms with E-state index >= 15 is 0 Å². The summed E-state index contributed by atoms with van der Waals surface area (Å²) in [6.07, 6.45) is 6.55. The van der Waals surface area contributed by atoms with E-state index < -0.39 is 0 Å². The number of aryl methyl sites for hydroxylation is 1. The van der Waals surface area contributed by atoms with E-state index in [0.717, 1.165) is 18.5 Å². The predicted octanol–water partition coefficient (Wildman–Crippen LogP) is 2.13.